The monoisotopic (exact) mass is 245 g/mol. The first kappa shape index (κ1) is 11.5. The minimum atomic E-state index is -2.17. The topological polar surface area (TPSA) is 12.9 Å². The highest BCUT2D eigenvalue weighted by atomic mass is 19.2. The van der Waals surface area contributed by atoms with Gasteiger partial charge in [-0.25, -0.2) is 22.0 Å². The molecule has 1 aromatic heterocycles. The fourth-order valence-corrected chi connectivity index (χ4v) is 1.38. The Labute approximate surface area is 92.5 Å². The molecule has 88 valence electrons. The minimum Gasteiger partial charge on any atom is -0.265 e. The van der Waals surface area contributed by atoms with E-state index in [1.165, 1.54) is 12.4 Å². The smallest absolute Gasteiger partial charge is 0.200 e. The molecule has 0 aliphatic carbocycles. The zero-order valence-corrected chi connectivity index (χ0v) is 8.15. The first-order chi connectivity index (χ1) is 8.04. The number of pyridine rings is 1. The van der Waals surface area contributed by atoms with E-state index in [9.17, 15) is 22.0 Å². The predicted molar refractivity (Wildman–Crippen MR) is 49.5 cm³/mol. The van der Waals surface area contributed by atoms with Crippen molar-refractivity contribution in [3.63, 3.8) is 0 Å². The Morgan fingerprint density at radius 1 is 0.647 bits per heavy atom. The molecule has 6 heteroatoms. The summed E-state index contributed by atoms with van der Waals surface area (Å²) in [6.45, 7) is 0. The second kappa shape index (κ2) is 4.12. The number of hydrogen-bond acceptors (Lipinski definition) is 1. The molecule has 0 unspecified atom stereocenters. The third-order valence-electron chi connectivity index (χ3n) is 2.18. The molecule has 0 fully saturated rings. The van der Waals surface area contributed by atoms with E-state index in [-0.39, 0.29) is 5.56 Å². The number of hydrogen-bond donors (Lipinski definition) is 0. The van der Waals surface area contributed by atoms with Gasteiger partial charge in [0.2, 0.25) is 5.82 Å². The zero-order chi connectivity index (χ0) is 12.6. The quantitative estimate of drug-likeness (QED) is 0.426. The maximum absolute atomic E-state index is 13.3. The molecule has 0 amide bonds. The predicted octanol–water partition coefficient (Wildman–Crippen LogP) is 3.44. The van der Waals surface area contributed by atoms with Gasteiger partial charge in [-0.2, -0.15) is 0 Å². The van der Waals surface area contributed by atoms with Crippen LogP contribution in [0.15, 0.2) is 24.5 Å². The lowest BCUT2D eigenvalue weighted by atomic mass is 10.0. The molecule has 0 spiro atoms. The third kappa shape index (κ3) is 1.75. The molecule has 0 saturated carbocycles. The summed E-state index contributed by atoms with van der Waals surface area (Å²) in [4.78, 5) is 3.59. The van der Waals surface area contributed by atoms with Gasteiger partial charge in [0.05, 0.1) is 5.56 Å². The average molecular weight is 245 g/mol. The lowest BCUT2D eigenvalue weighted by Crippen LogP contribution is -2.03. The Morgan fingerprint density at radius 2 is 1.06 bits per heavy atom. The summed E-state index contributed by atoms with van der Waals surface area (Å²) in [6.07, 6.45) is 2.38. The van der Waals surface area contributed by atoms with E-state index < -0.39 is 34.6 Å². The van der Waals surface area contributed by atoms with Gasteiger partial charge < -0.3 is 0 Å². The molecule has 0 radical (unpaired) electrons. The number of nitrogens with zero attached hydrogens (tertiary/aromatic N) is 1. The van der Waals surface area contributed by atoms with Gasteiger partial charge in [-0.15, -0.1) is 0 Å². The molecule has 0 atom stereocenters. The zero-order valence-electron chi connectivity index (χ0n) is 8.15. The van der Waals surface area contributed by atoms with Crippen LogP contribution >= 0.6 is 0 Å². The molecule has 2 aromatic rings. The van der Waals surface area contributed by atoms with E-state index in [1.54, 1.807) is 0 Å². The van der Waals surface area contributed by atoms with Crippen molar-refractivity contribution in [1.29, 1.82) is 0 Å². The Kier molecular flexibility index (Phi) is 2.79. The summed E-state index contributed by atoms with van der Waals surface area (Å²) in [7, 11) is 0. The van der Waals surface area contributed by atoms with E-state index in [1.807, 2.05) is 0 Å². The highest BCUT2D eigenvalue weighted by Crippen LogP contribution is 2.30. The number of benzene rings is 1. The van der Waals surface area contributed by atoms with E-state index in [0.29, 0.717) is 0 Å². The van der Waals surface area contributed by atoms with Gasteiger partial charge in [0, 0.05) is 12.4 Å². The molecule has 2 rings (SSSR count). The second-order valence-electron chi connectivity index (χ2n) is 3.18. The number of aromatic nitrogens is 1. The van der Waals surface area contributed by atoms with E-state index >= 15 is 0 Å². The molecule has 1 aromatic carbocycles. The van der Waals surface area contributed by atoms with Crippen LogP contribution in [-0.4, -0.2) is 4.98 Å². The van der Waals surface area contributed by atoms with Crippen molar-refractivity contribution in [1.82, 2.24) is 4.98 Å². The molecule has 0 N–H and O–H groups in total. The largest absolute Gasteiger partial charge is 0.265 e. The number of rotatable bonds is 1. The van der Waals surface area contributed by atoms with Gasteiger partial charge in [-0.1, -0.05) is 0 Å². The second-order valence-corrected chi connectivity index (χ2v) is 3.18. The lowest BCUT2D eigenvalue weighted by Gasteiger charge is -2.07. The lowest BCUT2D eigenvalue weighted by molar-refractivity contribution is 0.381. The summed E-state index contributed by atoms with van der Waals surface area (Å²) in [6, 6.07) is 2.30. The molecule has 0 aliphatic rings. The molecule has 1 nitrogen and oxygen atoms in total. The van der Waals surface area contributed by atoms with Crippen molar-refractivity contribution in [2.24, 2.45) is 0 Å². The highest BCUT2D eigenvalue weighted by Gasteiger charge is 2.26. The first-order valence-corrected chi connectivity index (χ1v) is 4.46. The standard InChI is InChI=1S/C11H4F5N/c12-7-6(5-1-3-17-4-2-5)8(13)10(15)11(16)9(7)14/h1-4H. The molecular formula is C11H4F5N. The normalized spacial score (nSPS) is 10.6. The van der Waals surface area contributed by atoms with Crippen molar-refractivity contribution in [2.75, 3.05) is 0 Å². The molecule has 0 saturated heterocycles. The van der Waals surface area contributed by atoms with Crippen LogP contribution in [0.2, 0.25) is 0 Å². The Balaban J connectivity index is 2.80. The Bertz CT molecular complexity index is 539. The van der Waals surface area contributed by atoms with Crippen molar-refractivity contribution in [3.8, 4) is 11.1 Å². The summed E-state index contributed by atoms with van der Waals surface area (Å²) in [5, 5.41) is 0. The van der Waals surface area contributed by atoms with Gasteiger partial charge in [0.15, 0.2) is 23.3 Å². The highest BCUT2D eigenvalue weighted by molar-refractivity contribution is 5.64. The molecule has 1 heterocycles. The van der Waals surface area contributed by atoms with Crippen molar-refractivity contribution in [2.45, 2.75) is 0 Å². The van der Waals surface area contributed by atoms with Crippen LogP contribution in [0.5, 0.6) is 0 Å². The van der Waals surface area contributed by atoms with E-state index in [2.05, 4.69) is 4.98 Å². The SMILES string of the molecule is Fc1c(F)c(F)c(-c2ccncc2)c(F)c1F. The minimum absolute atomic E-state index is 0.132. The number of halogens is 5. The van der Waals surface area contributed by atoms with Crippen LogP contribution in [0.3, 0.4) is 0 Å². The molecule has 17 heavy (non-hydrogen) atoms. The van der Waals surface area contributed by atoms with Gasteiger partial charge in [0.1, 0.15) is 0 Å². The van der Waals surface area contributed by atoms with Gasteiger partial charge in [0.25, 0.3) is 0 Å². The van der Waals surface area contributed by atoms with Crippen LogP contribution in [0.1, 0.15) is 0 Å². The van der Waals surface area contributed by atoms with Crippen molar-refractivity contribution >= 4 is 0 Å². The van der Waals surface area contributed by atoms with Crippen LogP contribution in [-0.2, 0) is 0 Å². The molecular weight excluding hydrogens is 241 g/mol. The summed E-state index contributed by atoms with van der Waals surface area (Å²) in [5.41, 5.74) is -1.09. The summed E-state index contributed by atoms with van der Waals surface area (Å²) >= 11 is 0. The molecule has 0 aliphatic heterocycles. The Hall–Kier alpha value is -1.98. The van der Waals surface area contributed by atoms with Crippen LogP contribution in [0.25, 0.3) is 11.1 Å². The van der Waals surface area contributed by atoms with Crippen LogP contribution in [0.4, 0.5) is 22.0 Å². The molecule has 0 bridgehead atoms. The first-order valence-electron chi connectivity index (χ1n) is 4.46. The summed E-state index contributed by atoms with van der Waals surface area (Å²) < 4.78 is 65.3. The maximum Gasteiger partial charge on any atom is 0.200 e. The maximum atomic E-state index is 13.3. The third-order valence-corrected chi connectivity index (χ3v) is 2.18. The Morgan fingerprint density at radius 3 is 1.53 bits per heavy atom. The van der Waals surface area contributed by atoms with E-state index in [0.717, 1.165) is 12.1 Å². The van der Waals surface area contributed by atoms with Crippen molar-refractivity contribution in [3.05, 3.63) is 53.6 Å². The van der Waals surface area contributed by atoms with Gasteiger partial charge in [-0.05, 0) is 17.7 Å². The summed E-state index contributed by atoms with van der Waals surface area (Å²) in [5.74, 6) is -9.80. The van der Waals surface area contributed by atoms with Crippen molar-refractivity contribution < 1.29 is 22.0 Å². The fraction of sp³-hybridized carbons (Fsp3) is 0. The average Bonchev–Trinajstić information content (AvgIpc) is 2.36. The van der Waals surface area contributed by atoms with Crippen LogP contribution in [0, 0.1) is 29.1 Å². The fourth-order valence-electron chi connectivity index (χ4n) is 1.38. The van der Waals surface area contributed by atoms with Crippen LogP contribution < -0.4 is 0 Å². The van der Waals surface area contributed by atoms with Gasteiger partial charge >= 0.3 is 0 Å². The van der Waals surface area contributed by atoms with E-state index in [4.69, 9.17) is 0 Å². The van der Waals surface area contributed by atoms with Gasteiger partial charge in [-0.3, -0.25) is 4.98 Å².